The number of carbonyl (C=O) groups is 2. The van der Waals surface area contributed by atoms with Crippen molar-refractivity contribution in [3.05, 3.63) is 64.8 Å². The van der Waals surface area contributed by atoms with Crippen LogP contribution in [-0.2, 0) is 4.79 Å². The number of anilines is 2. The molecule has 0 unspecified atom stereocenters. The lowest BCUT2D eigenvalue weighted by atomic mass is 10.1. The summed E-state index contributed by atoms with van der Waals surface area (Å²) in [5, 5.41) is 7.50. The first-order valence-corrected chi connectivity index (χ1v) is 8.71. The van der Waals surface area contributed by atoms with E-state index in [9.17, 15) is 14.0 Å². The van der Waals surface area contributed by atoms with Gasteiger partial charge in [0.15, 0.2) is 5.13 Å². The third-order valence-electron chi connectivity index (χ3n) is 3.61. The number of nitrogens with one attached hydrogen (secondary N) is 2. The topological polar surface area (TPSA) is 71.1 Å². The van der Waals surface area contributed by atoms with Gasteiger partial charge in [0, 0.05) is 23.4 Å². The van der Waals surface area contributed by atoms with Gasteiger partial charge in [0.2, 0.25) is 5.91 Å². The molecule has 2 aromatic carbocycles. The number of thiazole rings is 1. The van der Waals surface area contributed by atoms with Gasteiger partial charge < -0.3 is 5.32 Å². The molecule has 1 heterocycles. The predicted molar refractivity (Wildman–Crippen MR) is 101 cm³/mol. The third-order valence-corrected chi connectivity index (χ3v) is 4.36. The van der Waals surface area contributed by atoms with Crippen molar-refractivity contribution < 1.29 is 14.0 Å². The molecule has 0 saturated carbocycles. The van der Waals surface area contributed by atoms with Crippen molar-refractivity contribution in [3.63, 3.8) is 0 Å². The summed E-state index contributed by atoms with van der Waals surface area (Å²) < 4.78 is 13.5. The number of hydrogen-bond acceptors (Lipinski definition) is 4. The van der Waals surface area contributed by atoms with Gasteiger partial charge in [-0.25, -0.2) is 9.37 Å². The van der Waals surface area contributed by atoms with E-state index in [1.807, 2.05) is 19.1 Å². The first-order valence-electron chi connectivity index (χ1n) is 7.83. The number of halogens is 1. The highest BCUT2D eigenvalue weighted by Gasteiger charge is 2.13. The molecule has 132 valence electrons. The van der Waals surface area contributed by atoms with Crippen LogP contribution in [0.4, 0.5) is 15.2 Å². The normalized spacial score (nSPS) is 10.4. The fraction of sp³-hybridized carbons (Fsp3) is 0.105. The molecule has 0 aliphatic carbocycles. The van der Waals surface area contributed by atoms with Crippen molar-refractivity contribution in [2.75, 3.05) is 10.6 Å². The number of aryl methyl sites for hydroxylation is 1. The SMILES string of the molecule is CC(=O)Nc1cc(F)ccc1-c1csc(NC(=O)c2ccc(C)cc2)n1. The number of hydrogen-bond donors (Lipinski definition) is 2. The van der Waals surface area contributed by atoms with Crippen molar-refractivity contribution in [3.8, 4) is 11.3 Å². The summed E-state index contributed by atoms with van der Waals surface area (Å²) in [6.07, 6.45) is 0. The monoisotopic (exact) mass is 369 g/mol. The molecule has 7 heteroatoms. The third kappa shape index (κ3) is 4.12. The van der Waals surface area contributed by atoms with Crippen LogP contribution in [0.15, 0.2) is 47.8 Å². The largest absolute Gasteiger partial charge is 0.326 e. The van der Waals surface area contributed by atoms with Gasteiger partial charge in [0.05, 0.1) is 11.4 Å². The second-order valence-electron chi connectivity index (χ2n) is 5.73. The van der Waals surface area contributed by atoms with E-state index >= 15 is 0 Å². The van der Waals surface area contributed by atoms with Crippen LogP contribution in [0, 0.1) is 12.7 Å². The second-order valence-corrected chi connectivity index (χ2v) is 6.59. The Morgan fingerprint density at radius 1 is 1.08 bits per heavy atom. The lowest BCUT2D eigenvalue weighted by Crippen LogP contribution is -2.11. The molecule has 1 aromatic heterocycles. The molecule has 0 aliphatic heterocycles. The summed E-state index contributed by atoms with van der Waals surface area (Å²) in [4.78, 5) is 28.0. The molecular weight excluding hydrogens is 353 g/mol. The first kappa shape index (κ1) is 17.8. The highest BCUT2D eigenvalue weighted by Crippen LogP contribution is 2.31. The van der Waals surface area contributed by atoms with Crippen LogP contribution in [0.1, 0.15) is 22.8 Å². The maximum atomic E-state index is 13.5. The summed E-state index contributed by atoms with van der Waals surface area (Å²) >= 11 is 1.25. The van der Waals surface area contributed by atoms with Crippen molar-refractivity contribution in [1.29, 1.82) is 0 Å². The Kier molecular flexibility index (Phi) is 5.09. The van der Waals surface area contributed by atoms with Crippen LogP contribution < -0.4 is 10.6 Å². The number of carbonyl (C=O) groups excluding carboxylic acids is 2. The maximum Gasteiger partial charge on any atom is 0.257 e. The van der Waals surface area contributed by atoms with E-state index in [2.05, 4.69) is 15.6 Å². The summed E-state index contributed by atoms with van der Waals surface area (Å²) in [6.45, 7) is 3.30. The van der Waals surface area contributed by atoms with E-state index in [1.54, 1.807) is 23.6 Å². The van der Waals surface area contributed by atoms with Crippen LogP contribution in [0.2, 0.25) is 0 Å². The molecule has 2 amide bonds. The average molecular weight is 369 g/mol. The number of benzene rings is 2. The van der Waals surface area contributed by atoms with Crippen molar-refractivity contribution in [2.45, 2.75) is 13.8 Å². The van der Waals surface area contributed by atoms with E-state index in [0.29, 0.717) is 27.6 Å². The van der Waals surface area contributed by atoms with Gasteiger partial charge >= 0.3 is 0 Å². The van der Waals surface area contributed by atoms with Crippen LogP contribution >= 0.6 is 11.3 Å². The first-order chi connectivity index (χ1) is 12.4. The fourth-order valence-electron chi connectivity index (χ4n) is 2.36. The molecule has 0 atom stereocenters. The van der Waals surface area contributed by atoms with Crippen molar-refractivity contribution >= 4 is 34.0 Å². The Labute approximate surface area is 153 Å². The van der Waals surface area contributed by atoms with Crippen LogP contribution in [0.5, 0.6) is 0 Å². The number of aromatic nitrogens is 1. The van der Waals surface area contributed by atoms with Crippen LogP contribution in [0.3, 0.4) is 0 Å². The molecule has 0 bridgehead atoms. The fourth-order valence-corrected chi connectivity index (χ4v) is 3.07. The molecule has 0 radical (unpaired) electrons. The molecule has 0 spiro atoms. The number of nitrogens with zero attached hydrogens (tertiary/aromatic N) is 1. The number of amides is 2. The van der Waals surface area contributed by atoms with Crippen molar-refractivity contribution in [1.82, 2.24) is 4.98 Å². The highest BCUT2D eigenvalue weighted by molar-refractivity contribution is 7.14. The van der Waals surface area contributed by atoms with Crippen LogP contribution in [0.25, 0.3) is 11.3 Å². The average Bonchev–Trinajstić information content (AvgIpc) is 3.03. The van der Waals surface area contributed by atoms with Gasteiger partial charge in [0.1, 0.15) is 5.82 Å². The quantitative estimate of drug-likeness (QED) is 0.713. The van der Waals surface area contributed by atoms with E-state index < -0.39 is 5.82 Å². The highest BCUT2D eigenvalue weighted by atomic mass is 32.1. The van der Waals surface area contributed by atoms with Gasteiger partial charge in [-0.15, -0.1) is 11.3 Å². The van der Waals surface area contributed by atoms with Gasteiger partial charge in [-0.05, 0) is 37.3 Å². The van der Waals surface area contributed by atoms with E-state index in [4.69, 9.17) is 0 Å². The molecular formula is C19H16FN3O2S. The minimum atomic E-state index is -0.458. The maximum absolute atomic E-state index is 13.5. The molecule has 5 nitrogen and oxygen atoms in total. The van der Waals surface area contributed by atoms with Gasteiger partial charge in [-0.3, -0.25) is 14.9 Å². The molecule has 0 aliphatic rings. The number of rotatable bonds is 4. The summed E-state index contributed by atoms with van der Waals surface area (Å²) in [7, 11) is 0. The molecule has 3 aromatic rings. The molecule has 0 fully saturated rings. The van der Waals surface area contributed by atoms with Gasteiger partial charge in [-0.2, -0.15) is 0 Å². The Morgan fingerprint density at radius 3 is 2.50 bits per heavy atom. The Bertz CT molecular complexity index is 967. The lowest BCUT2D eigenvalue weighted by molar-refractivity contribution is -0.114. The summed E-state index contributed by atoms with van der Waals surface area (Å²) in [5.74, 6) is -1.02. The zero-order valence-electron chi connectivity index (χ0n) is 14.2. The van der Waals surface area contributed by atoms with Gasteiger partial charge in [0.25, 0.3) is 5.91 Å². The molecule has 2 N–H and O–H groups in total. The Balaban J connectivity index is 1.83. The summed E-state index contributed by atoms with van der Waals surface area (Å²) in [5.41, 5.74) is 3.05. The Morgan fingerprint density at radius 2 is 1.81 bits per heavy atom. The smallest absolute Gasteiger partial charge is 0.257 e. The standard InChI is InChI=1S/C19H16FN3O2S/c1-11-3-5-13(6-4-11)18(25)23-19-22-17(10-26-19)15-8-7-14(20)9-16(15)21-12(2)24/h3-10H,1-2H3,(H,21,24)(H,22,23,25). The molecule has 0 saturated heterocycles. The minimum absolute atomic E-state index is 0.257. The van der Waals surface area contributed by atoms with Crippen LogP contribution in [-0.4, -0.2) is 16.8 Å². The molecule has 26 heavy (non-hydrogen) atoms. The second kappa shape index (κ2) is 7.45. The minimum Gasteiger partial charge on any atom is -0.326 e. The van der Waals surface area contributed by atoms with E-state index in [0.717, 1.165) is 5.56 Å². The Hall–Kier alpha value is -3.06. The predicted octanol–water partition coefficient (Wildman–Crippen LogP) is 4.47. The van der Waals surface area contributed by atoms with E-state index in [1.165, 1.54) is 30.4 Å². The zero-order chi connectivity index (χ0) is 18.7. The van der Waals surface area contributed by atoms with E-state index in [-0.39, 0.29) is 11.8 Å². The molecule has 3 rings (SSSR count). The van der Waals surface area contributed by atoms with Gasteiger partial charge in [-0.1, -0.05) is 17.7 Å². The lowest BCUT2D eigenvalue weighted by Gasteiger charge is -2.08. The van der Waals surface area contributed by atoms with Crippen molar-refractivity contribution in [2.24, 2.45) is 0 Å². The zero-order valence-corrected chi connectivity index (χ0v) is 15.0. The summed E-state index contributed by atoms with van der Waals surface area (Å²) in [6, 6.07) is 11.3.